The molecule has 6 nitrogen and oxygen atoms in total. The first-order valence-electron chi connectivity index (χ1n) is 9.81. The fraction of sp³-hybridized carbons (Fsp3) is 0.250. The van der Waals surface area contributed by atoms with Crippen molar-refractivity contribution in [3.05, 3.63) is 75.8 Å². The molecular formula is C24H22N2O4. The van der Waals surface area contributed by atoms with Crippen LogP contribution in [0.4, 0.5) is 11.4 Å². The Bertz CT molecular complexity index is 1250. The molecule has 2 aliphatic heterocycles. The van der Waals surface area contributed by atoms with Gasteiger partial charge in [0.2, 0.25) is 5.72 Å². The molecule has 0 bridgehead atoms. The maximum atomic E-state index is 11.3. The third-order valence-electron chi connectivity index (χ3n) is 6.53. The van der Waals surface area contributed by atoms with Crippen LogP contribution < -0.4 is 14.4 Å². The maximum absolute atomic E-state index is 11.3. The Morgan fingerprint density at radius 1 is 1.13 bits per heavy atom. The minimum absolute atomic E-state index is 0.0249. The average molecular weight is 402 g/mol. The van der Waals surface area contributed by atoms with E-state index in [-0.39, 0.29) is 5.69 Å². The number of ether oxygens (including phenoxy) is 2. The lowest BCUT2D eigenvalue weighted by Gasteiger charge is -2.46. The van der Waals surface area contributed by atoms with Crippen LogP contribution in [0.2, 0.25) is 0 Å². The molecule has 1 spiro atoms. The largest absolute Gasteiger partial charge is 0.493 e. The van der Waals surface area contributed by atoms with Gasteiger partial charge in [-0.2, -0.15) is 0 Å². The van der Waals surface area contributed by atoms with Crippen molar-refractivity contribution in [2.24, 2.45) is 0 Å². The number of nitro benzene ring substituents is 1. The first-order chi connectivity index (χ1) is 14.3. The molecule has 6 heteroatoms. The van der Waals surface area contributed by atoms with Crippen LogP contribution in [0, 0.1) is 10.1 Å². The minimum atomic E-state index is -0.796. The van der Waals surface area contributed by atoms with Crippen LogP contribution in [0.5, 0.6) is 11.5 Å². The topological polar surface area (TPSA) is 64.8 Å². The van der Waals surface area contributed by atoms with Crippen LogP contribution in [0.1, 0.15) is 25.0 Å². The van der Waals surface area contributed by atoms with E-state index in [1.54, 1.807) is 0 Å². The molecule has 0 N–H and O–H groups in total. The summed E-state index contributed by atoms with van der Waals surface area (Å²) < 4.78 is 12.2. The Morgan fingerprint density at radius 3 is 2.63 bits per heavy atom. The molecule has 30 heavy (non-hydrogen) atoms. The first-order valence-corrected chi connectivity index (χ1v) is 9.81. The summed E-state index contributed by atoms with van der Waals surface area (Å²) in [6.45, 7) is 4.35. The zero-order chi connectivity index (χ0) is 21.3. The van der Waals surface area contributed by atoms with Crippen molar-refractivity contribution < 1.29 is 14.4 Å². The van der Waals surface area contributed by atoms with Gasteiger partial charge in [0.1, 0.15) is 0 Å². The molecule has 0 saturated carbocycles. The number of benzene rings is 3. The van der Waals surface area contributed by atoms with Crippen molar-refractivity contribution >= 4 is 28.2 Å². The molecule has 1 unspecified atom stereocenters. The van der Waals surface area contributed by atoms with Gasteiger partial charge < -0.3 is 14.4 Å². The molecule has 3 aromatic rings. The smallest absolute Gasteiger partial charge is 0.274 e. The van der Waals surface area contributed by atoms with Gasteiger partial charge in [-0.1, -0.05) is 30.3 Å². The average Bonchev–Trinajstić information content (AvgIpc) is 2.91. The molecule has 5 rings (SSSR count). The van der Waals surface area contributed by atoms with E-state index in [1.807, 2.05) is 25.3 Å². The van der Waals surface area contributed by atoms with E-state index < -0.39 is 16.1 Å². The summed E-state index contributed by atoms with van der Waals surface area (Å²) >= 11 is 0. The van der Waals surface area contributed by atoms with E-state index >= 15 is 0 Å². The van der Waals surface area contributed by atoms with Crippen molar-refractivity contribution in [2.45, 2.75) is 25.0 Å². The van der Waals surface area contributed by atoms with Crippen molar-refractivity contribution in [3.8, 4) is 11.5 Å². The fourth-order valence-corrected chi connectivity index (χ4v) is 4.98. The Hall–Kier alpha value is -3.54. The lowest BCUT2D eigenvalue weighted by atomic mass is 9.75. The fourth-order valence-electron chi connectivity index (χ4n) is 4.98. The first kappa shape index (κ1) is 18.5. The van der Waals surface area contributed by atoms with Gasteiger partial charge in [-0.05, 0) is 48.4 Å². The number of nitro groups is 1. The van der Waals surface area contributed by atoms with E-state index in [2.05, 4.69) is 49.1 Å². The standard InChI is InChI=1S/C24H22N2O4/c1-23(2)21-18-8-6-5-7-15(18)9-10-19(21)25(3)24(23)12-11-16-13-17(26(27)28)14-20(29-4)22(16)30-24/h5-14H,1-4H3. The quantitative estimate of drug-likeness (QED) is 0.431. The second-order valence-electron chi connectivity index (χ2n) is 8.32. The van der Waals surface area contributed by atoms with Gasteiger partial charge in [0.05, 0.1) is 23.5 Å². The van der Waals surface area contributed by atoms with Crippen molar-refractivity contribution in [3.63, 3.8) is 0 Å². The van der Waals surface area contributed by atoms with Crippen molar-refractivity contribution in [1.29, 1.82) is 0 Å². The van der Waals surface area contributed by atoms with Gasteiger partial charge in [-0.3, -0.25) is 10.1 Å². The molecule has 0 fully saturated rings. The van der Waals surface area contributed by atoms with Gasteiger partial charge in [0.15, 0.2) is 11.5 Å². The van der Waals surface area contributed by atoms with Gasteiger partial charge in [0, 0.05) is 24.4 Å². The molecule has 0 saturated heterocycles. The Morgan fingerprint density at radius 2 is 1.90 bits per heavy atom. The maximum Gasteiger partial charge on any atom is 0.274 e. The molecule has 0 aromatic heterocycles. The zero-order valence-corrected chi connectivity index (χ0v) is 17.3. The summed E-state index contributed by atoms with van der Waals surface area (Å²) in [6, 6.07) is 15.6. The van der Waals surface area contributed by atoms with Crippen LogP contribution >= 0.6 is 0 Å². The van der Waals surface area contributed by atoms with E-state index in [0.29, 0.717) is 17.1 Å². The number of likely N-dealkylation sites (N-methyl/N-ethyl adjacent to an activating group) is 1. The van der Waals surface area contributed by atoms with E-state index in [4.69, 9.17) is 9.47 Å². The monoisotopic (exact) mass is 402 g/mol. The van der Waals surface area contributed by atoms with Gasteiger partial charge in [0.25, 0.3) is 5.69 Å². The molecule has 1 atom stereocenters. The second-order valence-corrected chi connectivity index (χ2v) is 8.32. The number of hydrogen-bond donors (Lipinski definition) is 0. The second kappa shape index (κ2) is 5.98. The van der Waals surface area contributed by atoms with Crippen molar-refractivity contribution in [2.75, 3.05) is 19.1 Å². The van der Waals surface area contributed by atoms with Crippen LogP contribution in [0.3, 0.4) is 0 Å². The predicted octanol–water partition coefficient (Wildman–Crippen LogP) is 5.29. The highest BCUT2D eigenvalue weighted by Crippen LogP contribution is 2.57. The molecule has 2 aliphatic rings. The Kier molecular flexibility index (Phi) is 3.69. The summed E-state index contributed by atoms with van der Waals surface area (Å²) in [5, 5.41) is 13.7. The number of non-ortho nitro benzene ring substituents is 1. The highest BCUT2D eigenvalue weighted by molar-refractivity contribution is 5.94. The molecule has 0 amide bonds. The van der Waals surface area contributed by atoms with Crippen molar-refractivity contribution in [1.82, 2.24) is 0 Å². The third kappa shape index (κ3) is 2.19. The van der Waals surface area contributed by atoms with Crippen LogP contribution in [0.15, 0.2) is 54.6 Å². The highest BCUT2D eigenvalue weighted by Gasteiger charge is 2.58. The summed E-state index contributed by atoms with van der Waals surface area (Å²) in [5.41, 5.74) is 1.74. The van der Waals surface area contributed by atoms with Gasteiger partial charge in [-0.15, -0.1) is 0 Å². The normalized spacial score (nSPS) is 20.7. The molecule has 0 aliphatic carbocycles. The zero-order valence-electron chi connectivity index (χ0n) is 17.3. The number of nitrogens with zero attached hydrogens (tertiary/aromatic N) is 2. The molecule has 3 aromatic carbocycles. The Balaban J connectivity index is 1.73. The molecule has 152 valence electrons. The van der Waals surface area contributed by atoms with Gasteiger partial charge in [-0.25, -0.2) is 0 Å². The molecular weight excluding hydrogens is 380 g/mol. The third-order valence-corrected chi connectivity index (χ3v) is 6.53. The Labute approximate surface area is 174 Å². The van der Waals surface area contributed by atoms with E-state index in [1.165, 1.54) is 35.6 Å². The predicted molar refractivity (Wildman–Crippen MR) is 117 cm³/mol. The lowest BCUT2D eigenvalue weighted by molar-refractivity contribution is -0.385. The number of rotatable bonds is 2. The SMILES string of the molecule is COc1cc([N+](=O)[O-])cc2c1OC1(C=C2)N(C)c2ccc3ccccc3c2C1(C)C. The number of fused-ring (bicyclic) bond motifs is 4. The highest BCUT2D eigenvalue weighted by atomic mass is 16.6. The number of anilines is 1. The van der Waals surface area contributed by atoms with Gasteiger partial charge >= 0.3 is 0 Å². The van der Waals surface area contributed by atoms with E-state index in [0.717, 1.165) is 5.69 Å². The summed E-state index contributed by atoms with van der Waals surface area (Å²) in [6.07, 6.45) is 3.91. The number of methoxy groups -OCH3 is 1. The lowest BCUT2D eigenvalue weighted by Crippen LogP contribution is -2.58. The van der Waals surface area contributed by atoms with Crippen LogP contribution in [-0.4, -0.2) is 24.8 Å². The molecule has 2 heterocycles. The summed E-state index contributed by atoms with van der Waals surface area (Å²) in [5.74, 6) is 0.871. The minimum Gasteiger partial charge on any atom is -0.493 e. The number of hydrogen-bond acceptors (Lipinski definition) is 5. The molecule has 0 radical (unpaired) electrons. The van der Waals surface area contributed by atoms with E-state index in [9.17, 15) is 10.1 Å². The van der Waals surface area contributed by atoms with Crippen LogP contribution in [0.25, 0.3) is 16.8 Å². The summed E-state index contributed by atoms with van der Waals surface area (Å²) in [4.78, 5) is 13.0. The van der Waals surface area contributed by atoms with Crippen LogP contribution in [-0.2, 0) is 5.41 Å². The summed E-state index contributed by atoms with van der Waals surface area (Å²) in [7, 11) is 3.52.